The number of aryl methyl sites for hydroxylation is 2. The summed E-state index contributed by atoms with van der Waals surface area (Å²) in [6.45, 7) is 4.95. The Morgan fingerprint density at radius 1 is 1.28 bits per heavy atom. The average Bonchev–Trinajstić information content (AvgIpc) is 2.56. The summed E-state index contributed by atoms with van der Waals surface area (Å²) in [5.74, 6) is 1.63. The zero-order valence-electron chi connectivity index (χ0n) is 14.9. The molecule has 2 amide bonds. The molecule has 2 aromatic rings. The van der Waals surface area contributed by atoms with E-state index in [1.807, 2.05) is 45.0 Å². The van der Waals surface area contributed by atoms with Crippen LogP contribution in [0.2, 0.25) is 5.02 Å². The van der Waals surface area contributed by atoms with E-state index in [-0.39, 0.29) is 6.03 Å². The van der Waals surface area contributed by atoms with Gasteiger partial charge in [0.05, 0.1) is 12.2 Å². The number of carbonyl (C=O) groups is 1. The molecular weight excluding hydrogens is 338 g/mol. The molecule has 1 N–H and O–H groups in total. The highest BCUT2D eigenvalue weighted by Gasteiger charge is 2.25. The normalized spacial score (nSPS) is 13.4. The number of aromatic nitrogens is 2. The molecule has 1 aliphatic heterocycles. The topological polar surface area (TPSA) is 61.4 Å². The molecule has 0 bridgehead atoms. The predicted molar refractivity (Wildman–Crippen MR) is 100 cm³/mol. The van der Waals surface area contributed by atoms with Crippen molar-refractivity contribution in [1.29, 1.82) is 0 Å². The van der Waals surface area contributed by atoms with Gasteiger partial charge in [-0.05, 0) is 31.5 Å². The van der Waals surface area contributed by atoms with Crippen LogP contribution in [0.15, 0.2) is 18.2 Å². The minimum absolute atomic E-state index is 0.143. The molecule has 0 saturated heterocycles. The minimum Gasteiger partial charge on any atom is -0.362 e. The third-order valence-corrected chi connectivity index (χ3v) is 4.69. The first-order chi connectivity index (χ1) is 11.8. The average molecular weight is 360 g/mol. The van der Waals surface area contributed by atoms with Crippen LogP contribution >= 0.6 is 11.6 Å². The first kappa shape index (κ1) is 17.5. The van der Waals surface area contributed by atoms with Crippen molar-refractivity contribution in [3.8, 4) is 0 Å². The van der Waals surface area contributed by atoms with Gasteiger partial charge in [-0.3, -0.25) is 0 Å². The van der Waals surface area contributed by atoms with Gasteiger partial charge in [-0.2, -0.15) is 0 Å². The fourth-order valence-electron chi connectivity index (χ4n) is 2.93. The molecule has 6 nitrogen and oxygen atoms in total. The fraction of sp³-hybridized carbons (Fsp3) is 0.389. The Labute approximate surface area is 152 Å². The summed E-state index contributed by atoms with van der Waals surface area (Å²) in [6.07, 6.45) is 0.724. The number of urea groups is 1. The van der Waals surface area contributed by atoms with Gasteiger partial charge in [0.1, 0.15) is 11.6 Å². The molecule has 0 saturated carbocycles. The summed E-state index contributed by atoms with van der Waals surface area (Å²) in [6, 6.07) is 5.37. The molecule has 1 aromatic carbocycles. The minimum atomic E-state index is -0.143. The molecule has 132 valence electrons. The van der Waals surface area contributed by atoms with Crippen LogP contribution in [0, 0.1) is 13.8 Å². The summed E-state index contributed by atoms with van der Waals surface area (Å²) in [7, 11) is 3.91. The maximum absolute atomic E-state index is 12.6. The van der Waals surface area contributed by atoms with Crippen LogP contribution in [-0.2, 0) is 13.0 Å². The lowest BCUT2D eigenvalue weighted by Crippen LogP contribution is -2.40. The van der Waals surface area contributed by atoms with Gasteiger partial charge in [-0.1, -0.05) is 17.7 Å². The number of carbonyl (C=O) groups excluding carboxylic acids is 1. The van der Waals surface area contributed by atoms with Crippen molar-refractivity contribution in [3.63, 3.8) is 0 Å². The third kappa shape index (κ3) is 3.69. The number of fused-ring (bicyclic) bond motifs is 1. The monoisotopic (exact) mass is 359 g/mol. The Morgan fingerprint density at radius 3 is 2.72 bits per heavy atom. The zero-order valence-corrected chi connectivity index (χ0v) is 15.7. The summed E-state index contributed by atoms with van der Waals surface area (Å²) in [5.41, 5.74) is 3.71. The van der Waals surface area contributed by atoms with E-state index in [0.29, 0.717) is 23.8 Å². The summed E-state index contributed by atoms with van der Waals surface area (Å²) in [4.78, 5) is 25.5. The summed E-state index contributed by atoms with van der Waals surface area (Å²) >= 11 is 6.13. The van der Waals surface area contributed by atoms with Crippen molar-refractivity contribution < 1.29 is 4.79 Å². The molecule has 0 spiro atoms. The first-order valence-electron chi connectivity index (χ1n) is 8.21. The van der Waals surface area contributed by atoms with Gasteiger partial charge in [-0.15, -0.1) is 0 Å². The van der Waals surface area contributed by atoms with Crippen LogP contribution in [-0.4, -0.2) is 41.5 Å². The molecule has 0 radical (unpaired) electrons. The van der Waals surface area contributed by atoms with Crippen molar-refractivity contribution >= 4 is 29.1 Å². The van der Waals surface area contributed by atoms with Crippen molar-refractivity contribution in [3.05, 3.63) is 45.9 Å². The van der Waals surface area contributed by atoms with Gasteiger partial charge in [0.25, 0.3) is 0 Å². The maximum atomic E-state index is 12.6. The smallest absolute Gasteiger partial charge is 0.322 e. The molecule has 7 heteroatoms. The van der Waals surface area contributed by atoms with E-state index >= 15 is 0 Å². The predicted octanol–water partition coefficient (Wildman–Crippen LogP) is 3.40. The van der Waals surface area contributed by atoms with Gasteiger partial charge in [0.15, 0.2) is 0 Å². The van der Waals surface area contributed by atoms with Crippen LogP contribution in [0.3, 0.4) is 0 Å². The quantitative estimate of drug-likeness (QED) is 0.892. The lowest BCUT2D eigenvalue weighted by atomic mass is 10.1. The largest absolute Gasteiger partial charge is 0.362 e. The Balaban J connectivity index is 1.80. The van der Waals surface area contributed by atoms with Gasteiger partial charge < -0.3 is 15.1 Å². The highest BCUT2D eigenvalue weighted by molar-refractivity contribution is 6.31. The van der Waals surface area contributed by atoms with E-state index in [1.165, 1.54) is 0 Å². The number of hydrogen-bond acceptors (Lipinski definition) is 4. The first-order valence-corrected chi connectivity index (χ1v) is 8.58. The molecule has 0 fully saturated rings. The van der Waals surface area contributed by atoms with Crippen LogP contribution in [0.25, 0.3) is 0 Å². The molecule has 2 heterocycles. The number of hydrogen-bond donors (Lipinski definition) is 1. The van der Waals surface area contributed by atoms with Gasteiger partial charge in [-0.25, -0.2) is 14.8 Å². The molecule has 0 unspecified atom stereocenters. The van der Waals surface area contributed by atoms with E-state index in [2.05, 4.69) is 15.3 Å². The number of amides is 2. The number of nitrogens with zero attached hydrogens (tertiary/aromatic N) is 4. The van der Waals surface area contributed by atoms with Gasteiger partial charge >= 0.3 is 6.03 Å². The number of benzene rings is 1. The molecule has 1 aromatic heterocycles. The second-order valence-electron chi connectivity index (χ2n) is 6.48. The lowest BCUT2D eigenvalue weighted by Gasteiger charge is -2.31. The highest BCUT2D eigenvalue weighted by atomic mass is 35.5. The Kier molecular flexibility index (Phi) is 4.81. The Bertz CT molecular complexity index is 821. The zero-order chi connectivity index (χ0) is 18.1. The van der Waals surface area contributed by atoms with E-state index in [1.54, 1.807) is 11.0 Å². The second-order valence-corrected chi connectivity index (χ2v) is 6.89. The molecule has 3 rings (SSSR count). The van der Waals surface area contributed by atoms with Crippen LogP contribution < -0.4 is 10.2 Å². The number of anilines is 2. The third-order valence-electron chi connectivity index (χ3n) is 4.28. The second kappa shape index (κ2) is 6.88. The van der Waals surface area contributed by atoms with Gasteiger partial charge in [0, 0.05) is 43.3 Å². The van der Waals surface area contributed by atoms with E-state index in [9.17, 15) is 4.79 Å². The molecular formula is C18H22ClN5O. The Morgan fingerprint density at radius 2 is 2.04 bits per heavy atom. The van der Waals surface area contributed by atoms with Crippen molar-refractivity contribution in [2.45, 2.75) is 26.8 Å². The Hall–Kier alpha value is -2.34. The van der Waals surface area contributed by atoms with Crippen molar-refractivity contribution in [1.82, 2.24) is 14.9 Å². The molecule has 0 atom stereocenters. The number of nitrogens with one attached hydrogen (secondary N) is 1. The molecule has 1 aliphatic rings. The van der Waals surface area contributed by atoms with E-state index in [0.717, 1.165) is 34.9 Å². The van der Waals surface area contributed by atoms with Gasteiger partial charge in [0.2, 0.25) is 0 Å². The summed E-state index contributed by atoms with van der Waals surface area (Å²) in [5, 5.41) is 3.56. The van der Waals surface area contributed by atoms with E-state index in [4.69, 9.17) is 11.6 Å². The van der Waals surface area contributed by atoms with E-state index < -0.39 is 0 Å². The van der Waals surface area contributed by atoms with Crippen LogP contribution in [0.4, 0.5) is 16.3 Å². The number of rotatable bonds is 2. The molecule has 0 aliphatic carbocycles. The summed E-state index contributed by atoms with van der Waals surface area (Å²) < 4.78 is 0. The lowest BCUT2D eigenvalue weighted by molar-refractivity contribution is 0.206. The standard InChI is InChI=1S/C18H22ClN5O/c1-11-5-6-13(9-15(11)19)22-18(25)24-8-7-16-14(10-24)17(23(3)4)21-12(2)20-16/h5-6,9H,7-8,10H2,1-4H3,(H,22,25). The van der Waals surface area contributed by atoms with Crippen molar-refractivity contribution in [2.24, 2.45) is 0 Å². The number of halogens is 1. The fourth-order valence-corrected chi connectivity index (χ4v) is 3.11. The highest BCUT2D eigenvalue weighted by Crippen LogP contribution is 2.26. The molecule has 25 heavy (non-hydrogen) atoms. The van der Waals surface area contributed by atoms with Crippen LogP contribution in [0.5, 0.6) is 0 Å². The SMILES string of the molecule is Cc1nc2c(c(N(C)C)n1)CN(C(=O)Nc1ccc(C)c(Cl)c1)CC2. The van der Waals surface area contributed by atoms with Crippen molar-refractivity contribution in [2.75, 3.05) is 30.9 Å². The maximum Gasteiger partial charge on any atom is 0.322 e. The van der Waals surface area contributed by atoms with Crippen LogP contribution in [0.1, 0.15) is 22.6 Å².